The molecule has 0 spiro atoms. The molecule has 7 nitrogen and oxygen atoms in total. The Morgan fingerprint density at radius 3 is 2.35 bits per heavy atom. The van der Waals surface area contributed by atoms with Gasteiger partial charge in [0.25, 0.3) is 0 Å². The summed E-state index contributed by atoms with van der Waals surface area (Å²) in [5.41, 5.74) is 1.23. The molecule has 4 amide bonds. The summed E-state index contributed by atoms with van der Waals surface area (Å²) in [4.78, 5) is 34.9. The van der Waals surface area contributed by atoms with Crippen molar-refractivity contribution >= 4 is 17.8 Å². The zero-order valence-electron chi connectivity index (χ0n) is 9.60. The zero-order chi connectivity index (χ0) is 12.7. The van der Waals surface area contributed by atoms with Crippen LogP contribution >= 0.6 is 0 Å². The van der Waals surface area contributed by atoms with Crippen molar-refractivity contribution < 1.29 is 18.9 Å². The van der Waals surface area contributed by atoms with Crippen molar-refractivity contribution in [3.63, 3.8) is 0 Å². The smallest absolute Gasteiger partial charge is 0.332 e. The lowest BCUT2D eigenvalue weighted by molar-refractivity contribution is -0.141. The minimum Gasteiger partial charge on any atom is -0.361 e. The molecule has 1 unspecified atom stereocenters. The molecule has 90 valence electrons. The first-order valence-electron chi connectivity index (χ1n) is 5.04. The number of carbonyl (C=O) groups excluding carboxylic acids is 3. The summed E-state index contributed by atoms with van der Waals surface area (Å²) in [5, 5.41) is 5.69. The average molecular weight is 237 g/mol. The number of rotatable bonds is 2. The number of carbonyl (C=O) groups is 3. The van der Waals surface area contributed by atoms with Gasteiger partial charge in [0.1, 0.15) is 5.76 Å². The summed E-state index contributed by atoms with van der Waals surface area (Å²) in [7, 11) is 0. The molecule has 0 radical (unpaired) electrons. The van der Waals surface area contributed by atoms with Crippen molar-refractivity contribution in [1.29, 1.82) is 0 Å². The SMILES string of the molecule is Cc1noc(C)c1C(C)N1C(=O)NC(=O)C1=O. The summed E-state index contributed by atoms with van der Waals surface area (Å²) < 4.78 is 4.97. The molecule has 1 saturated heterocycles. The summed E-state index contributed by atoms with van der Waals surface area (Å²) in [5.74, 6) is -1.24. The van der Waals surface area contributed by atoms with E-state index in [9.17, 15) is 14.4 Å². The second-order valence-corrected chi connectivity index (χ2v) is 3.85. The van der Waals surface area contributed by atoms with E-state index in [0.29, 0.717) is 17.0 Å². The predicted octanol–water partition coefficient (Wildman–Crippen LogP) is 0.431. The van der Waals surface area contributed by atoms with Gasteiger partial charge in [0.05, 0.1) is 11.7 Å². The maximum absolute atomic E-state index is 11.5. The van der Waals surface area contributed by atoms with Gasteiger partial charge in [-0.25, -0.2) is 9.69 Å². The Hall–Kier alpha value is -2.18. The Morgan fingerprint density at radius 1 is 1.29 bits per heavy atom. The van der Waals surface area contributed by atoms with Crippen LogP contribution < -0.4 is 5.32 Å². The van der Waals surface area contributed by atoms with Crippen molar-refractivity contribution in [2.45, 2.75) is 26.8 Å². The maximum atomic E-state index is 11.5. The maximum Gasteiger partial charge on any atom is 0.332 e. The second-order valence-electron chi connectivity index (χ2n) is 3.85. The normalized spacial score (nSPS) is 17.6. The number of aromatic nitrogens is 1. The highest BCUT2D eigenvalue weighted by Gasteiger charge is 2.41. The number of imide groups is 2. The molecule has 1 aliphatic rings. The van der Waals surface area contributed by atoms with E-state index in [1.54, 1.807) is 20.8 Å². The number of hydrogen-bond donors (Lipinski definition) is 1. The Kier molecular flexibility index (Phi) is 2.45. The summed E-state index contributed by atoms with van der Waals surface area (Å²) in [6, 6.07) is -1.30. The van der Waals surface area contributed by atoms with Gasteiger partial charge >= 0.3 is 17.8 Å². The van der Waals surface area contributed by atoms with E-state index < -0.39 is 23.9 Å². The number of nitrogens with one attached hydrogen (secondary N) is 1. The van der Waals surface area contributed by atoms with Crippen molar-refractivity contribution in [1.82, 2.24) is 15.4 Å². The Balaban J connectivity index is 2.39. The van der Waals surface area contributed by atoms with Crippen LogP contribution in [-0.4, -0.2) is 27.9 Å². The molecule has 17 heavy (non-hydrogen) atoms. The van der Waals surface area contributed by atoms with E-state index in [4.69, 9.17) is 4.52 Å². The highest BCUT2D eigenvalue weighted by molar-refractivity contribution is 6.44. The van der Waals surface area contributed by atoms with Crippen LogP contribution in [0.2, 0.25) is 0 Å². The first kappa shape index (κ1) is 11.3. The van der Waals surface area contributed by atoms with Gasteiger partial charge in [0.15, 0.2) is 0 Å². The van der Waals surface area contributed by atoms with Crippen LogP contribution in [0.1, 0.15) is 30.0 Å². The van der Waals surface area contributed by atoms with E-state index in [1.807, 2.05) is 5.32 Å². The summed E-state index contributed by atoms with van der Waals surface area (Å²) in [6.07, 6.45) is 0. The highest BCUT2D eigenvalue weighted by atomic mass is 16.5. The minimum atomic E-state index is -0.909. The highest BCUT2D eigenvalue weighted by Crippen LogP contribution is 2.27. The van der Waals surface area contributed by atoms with Crippen molar-refractivity contribution in [2.24, 2.45) is 0 Å². The largest absolute Gasteiger partial charge is 0.361 e. The van der Waals surface area contributed by atoms with Gasteiger partial charge in [-0.1, -0.05) is 5.16 Å². The monoisotopic (exact) mass is 237 g/mol. The third-order valence-corrected chi connectivity index (χ3v) is 2.75. The van der Waals surface area contributed by atoms with Gasteiger partial charge in [0.2, 0.25) is 0 Å². The van der Waals surface area contributed by atoms with Gasteiger partial charge in [-0.3, -0.25) is 14.9 Å². The van der Waals surface area contributed by atoms with Crippen molar-refractivity contribution in [3.8, 4) is 0 Å². The van der Waals surface area contributed by atoms with Gasteiger partial charge in [0, 0.05) is 5.56 Å². The Labute approximate surface area is 96.7 Å². The molecule has 0 aliphatic carbocycles. The quantitative estimate of drug-likeness (QED) is 0.594. The van der Waals surface area contributed by atoms with Crippen LogP contribution in [0.15, 0.2) is 4.52 Å². The molecular weight excluding hydrogens is 226 g/mol. The third kappa shape index (κ3) is 1.59. The fourth-order valence-corrected chi connectivity index (χ4v) is 1.98. The topological polar surface area (TPSA) is 92.5 Å². The lowest BCUT2D eigenvalue weighted by atomic mass is 10.1. The van der Waals surface area contributed by atoms with Crippen molar-refractivity contribution in [2.75, 3.05) is 0 Å². The lowest BCUT2D eigenvalue weighted by Crippen LogP contribution is -2.34. The summed E-state index contributed by atoms with van der Waals surface area (Å²) >= 11 is 0. The zero-order valence-corrected chi connectivity index (χ0v) is 9.60. The van der Waals surface area contributed by atoms with E-state index in [0.717, 1.165) is 4.90 Å². The van der Waals surface area contributed by atoms with Gasteiger partial charge in [-0.05, 0) is 20.8 Å². The van der Waals surface area contributed by atoms with E-state index >= 15 is 0 Å². The molecule has 1 aromatic rings. The molecule has 7 heteroatoms. The molecule has 0 saturated carbocycles. The van der Waals surface area contributed by atoms with Crippen LogP contribution in [-0.2, 0) is 9.59 Å². The second kappa shape index (κ2) is 3.69. The fourth-order valence-electron chi connectivity index (χ4n) is 1.98. The van der Waals surface area contributed by atoms with E-state index in [-0.39, 0.29) is 0 Å². The third-order valence-electron chi connectivity index (χ3n) is 2.75. The molecule has 2 rings (SSSR count). The molecule has 1 aliphatic heterocycles. The average Bonchev–Trinajstić information content (AvgIpc) is 2.69. The molecule has 0 bridgehead atoms. The lowest BCUT2D eigenvalue weighted by Gasteiger charge is -2.19. The first-order valence-corrected chi connectivity index (χ1v) is 5.04. The minimum absolute atomic E-state index is 0.523. The molecule has 2 heterocycles. The standard InChI is InChI=1S/C10H11N3O4/c1-4-7(6(3)17-12-4)5(2)13-9(15)8(14)11-10(13)16/h5H,1-3H3,(H,11,14,16). The van der Waals surface area contributed by atoms with Crippen molar-refractivity contribution in [3.05, 3.63) is 17.0 Å². The number of aryl methyl sites for hydroxylation is 2. The molecule has 1 fully saturated rings. The van der Waals surface area contributed by atoms with Gasteiger partial charge < -0.3 is 4.52 Å². The van der Waals surface area contributed by atoms with Crippen LogP contribution in [0.5, 0.6) is 0 Å². The fraction of sp³-hybridized carbons (Fsp3) is 0.400. The number of urea groups is 1. The number of nitrogens with zero attached hydrogens (tertiary/aromatic N) is 2. The summed E-state index contributed by atoms with van der Waals surface area (Å²) in [6.45, 7) is 5.04. The number of amides is 4. The Morgan fingerprint density at radius 2 is 1.94 bits per heavy atom. The van der Waals surface area contributed by atoms with Crippen LogP contribution in [0.3, 0.4) is 0 Å². The van der Waals surface area contributed by atoms with Gasteiger partial charge in [-0.2, -0.15) is 0 Å². The van der Waals surface area contributed by atoms with E-state index in [1.165, 1.54) is 0 Å². The van der Waals surface area contributed by atoms with E-state index in [2.05, 4.69) is 5.16 Å². The molecule has 1 N–H and O–H groups in total. The molecule has 1 aromatic heterocycles. The first-order chi connectivity index (χ1) is 7.93. The van der Waals surface area contributed by atoms with Crippen LogP contribution in [0.4, 0.5) is 4.79 Å². The van der Waals surface area contributed by atoms with Gasteiger partial charge in [-0.15, -0.1) is 0 Å². The molecule has 1 atom stereocenters. The predicted molar refractivity (Wildman–Crippen MR) is 54.8 cm³/mol. The molecular formula is C10H11N3O4. The van der Waals surface area contributed by atoms with Crippen LogP contribution in [0.25, 0.3) is 0 Å². The van der Waals surface area contributed by atoms with Crippen LogP contribution in [0, 0.1) is 13.8 Å². The Bertz CT molecular complexity index is 500. The molecule has 0 aromatic carbocycles. The number of hydrogen-bond acceptors (Lipinski definition) is 5.